The van der Waals surface area contributed by atoms with E-state index in [9.17, 15) is 9.59 Å². The van der Waals surface area contributed by atoms with Gasteiger partial charge in [-0.1, -0.05) is 31.0 Å². The van der Waals surface area contributed by atoms with Gasteiger partial charge in [-0.25, -0.2) is 4.79 Å². The number of benzene rings is 2. The number of unbranched alkanes of at least 4 members (excludes halogenated alkanes) is 5. The van der Waals surface area contributed by atoms with Crippen LogP contribution in [0.15, 0.2) is 73.1 Å². The molecule has 4 aromatic rings. The van der Waals surface area contributed by atoms with E-state index in [2.05, 4.69) is 68.1 Å². The molecule has 0 radical (unpaired) electrons. The van der Waals surface area contributed by atoms with E-state index in [4.69, 9.17) is 28.8 Å². The van der Waals surface area contributed by atoms with Crippen molar-refractivity contribution in [2.24, 2.45) is 0 Å². The summed E-state index contributed by atoms with van der Waals surface area (Å²) >= 11 is 0. The lowest BCUT2D eigenvalue weighted by molar-refractivity contribution is -0.137. The fourth-order valence-corrected chi connectivity index (χ4v) is 7.13. The van der Waals surface area contributed by atoms with Gasteiger partial charge in [-0.3, -0.25) is 9.78 Å². The van der Waals surface area contributed by atoms with Gasteiger partial charge in [0.15, 0.2) is 11.6 Å². The number of carbonyl (C=O) groups is 2. The summed E-state index contributed by atoms with van der Waals surface area (Å²) in [6.45, 7) is 13.0. The quantitative estimate of drug-likeness (QED) is 0.0418. The minimum Gasteiger partial charge on any atom is -0.494 e. The van der Waals surface area contributed by atoms with Crippen LogP contribution in [0.3, 0.4) is 0 Å². The van der Waals surface area contributed by atoms with Crippen LogP contribution < -0.4 is 15.4 Å². The van der Waals surface area contributed by atoms with Crippen LogP contribution in [0.1, 0.15) is 109 Å². The third-order valence-electron chi connectivity index (χ3n) is 10.5. The third kappa shape index (κ3) is 16.6. The summed E-state index contributed by atoms with van der Waals surface area (Å²) in [4.78, 5) is 32.8. The van der Waals surface area contributed by atoms with Gasteiger partial charge in [0.05, 0.1) is 33.0 Å². The number of aliphatic carboxylic acids is 1. The van der Waals surface area contributed by atoms with Gasteiger partial charge in [0.2, 0.25) is 0 Å². The molecule has 0 spiro atoms. The van der Waals surface area contributed by atoms with Gasteiger partial charge in [0.1, 0.15) is 16.9 Å². The zero-order valence-electron chi connectivity index (χ0n) is 37.0. The average molecular weight is 858 g/mol. The van der Waals surface area contributed by atoms with E-state index in [0.29, 0.717) is 83.6 Å². The molecule has 1 fully saturated rings. The first-order chi connectivity index (χ1) is 30.0. The minimum atomic E-state index is -0.745. The lowest BCUT2D eigenvalue weighted by Gasteiger charge is -2.41. The third-order valence-corrected chi connectivity index (χ3v) is 10.5. The Bertz CT molecular complexity index is 1900. The second kappa shape index (κ2) is 25.0. The molecule has 2 aromatic carbocycles. The Balaban J connectivity index is 1.00. The van der Waals surface area contributed by atoms with E-state index in [0.717, 1.165) is 73.4 Å². The molecule has 338 valence electrons. The fraction of sp³-hybridized carbons (Fsp3) is 0.553. The van der Waals surface area contributed by atoms with Gasteiger partial charge in [-0.15, -0.1) is 10.2 Å². The van der Waals surface area contributed by atoms with E-state index in [1.807, 2.05) is 51.1 Å². The van der Waals surface area contributed by atoms with Crippen LogP contribution >= 0.6 is 0 Å². The number of pyridine rings is 1. The average Bonchev–Trinajstić information content (AvgIpc) is 3.76. The van der Waals surface area contributed by atoms with Gasteiger partial charge in [-0.2, -0.15) is 0 Å². The number of hydrogen-bond donors (Lipinski definition) is 4. The van der Waals surface area contributed by atoms with Crippen LogP contribution in [0.5, 0.6) is 5.75 Å². The predicted molar refractivity (Wildman–Crippen MR) is 239 cm³/mol. The number of likely N-dealkylation sites (tertiary alicyclic amines) is 1. The molecular weight excluding hydrogens is 791 g/mol. The number of hydrogen-bond acceptors (Lipinski definition) is 12. The van der Waals surface area contributed by atoms with Crippen LogP contribution in [0.2, 0.25) is 0 Å². The molecule has 15 nitrogen and oxygen atoms in total. The molecule has 62 heavy (non-hydrogen) atoms. The van der Waals surface area contributed by atoms with Crippen molar-refractivity contribution in [2.75, 3.05) is 70.0 Å². The van der Waals surface area contributed by atoms with Crippen molar-refractivity contribution in [1.29, 1.82) is 0 Å². The summed E-state index contributed by atoms with van der Waals surface area (Å²) in [6, 6.07) is 20.4. The Morgan fingerprint density at radius 1 is 0.790 bits per heavy atom. The molecular formula is C47H67N7O8. The summed E-state index contributed by atoms with van der Waals surface area (Å²) < 4.78 is 28.5. The number of H-pyrrole nitrogens is 1. The standard InChI is InChI=1S/C47H67N7O8/c1-36(37-16-18-41(19-17-37)61-30-11-6-5-9-28-58-31-33-60-34-32-59-29-10-7-8-15-42(55)56)49-39-13-12-14-40(35-39)51-47(22-26-54(27-23-47)45(57)62-46(2,3)4)44-50-43(52-53-44)38-20-24-48-25-21-38/h12-14,16-21,24-25,35-36,49,51H,5-11,15,22-23,26-34H2,1-4H3,(H,55,56)(H,50,52,53)/t36-/m1/s1. The van der Waals surface area contributed by atoms with Crippen LogP contribution in [0.25, 0.3) is 11.4 Å². The summed E-state index contributed by atoms with van der Waals surface area (Å²) in [5, 5.41) is 25.2. The van der Waals surface area contributed by atoms with Gasteiger partial charge in [-0.05, 0) is 121 Å². The van der Waals surface area contributed by atoms with E-state index < -0.39 is 17.1 Å². The summed E-state index contributed by atoms with van der Waals surface area (Å²) in [5.41, 5.74) is 2.76. The molecule has 15 heteroatoms. The number of carbonyl (C=O) groups excluding carboxylic acids is 1. The molecule has 4 N–H and O–H groups in total. The van der Waals surface area contributed by atoms with Crippen molar-refractivity contribution < 1.29 is 38.4 Å². The number of carboxylic acids is 1. The lowest BCUT2D eigenvalue weighted by Crippen LogP contribution is -2.50. The molecule has 1 saturated heterocycles. The van der Waals surface area contributed by atoms with E-state index in [1.54, 1.807) is 17.3 Å². The molecule has 1 aliphatic rings. The first kappa shape index (κ1) is 47.8. The molecule has 3 heterocycles. The minimum absolute atomic E-state index is 0.0458. The second-order valence-corrected chi connectivity index (χ2v) is 16.8. The SMILES string of the molecule is C[C@@H](Nc1cccc(NC2(c3nnc(-c4ccncc4)[nH]3)CCN(C(=O)OC(C)(C)C)CC2)c1)c1ccc(OCCCCCCOCCOCCOCCCCCC(=O)O)cc1. The smallest absolute Gasteiger partial charge is 0.410 e. The van der Waals surface area contributed by atoms with E-state index in [-0.39, 0.29) is 18.6 Å². The van der Waals surface area contributed by atoms with Crippen LogP contribution in [0, 0.1) is 0 Å². The molecule has 2 aromatic heterocycles. The molecule has 0 saturated carbocycles. The van der Waals surface area contributed by atoms with Gasteiger partial charge in [0, 0.05) is 68.1 Å². The highest BCUT2D eigenvalue weighted by Crippen LogP contribution is 2.37. The number of nitrogens with one attached hydrogen (secondary N) is 3. The van der Waals surface area contributed by atoms with E-state index in [1.165, 1.54) is 0 Å². The summed E-state index contributed by atoms with van der Waals surface area (Å²) in [7, 11) is 0. The van der Waals surface area contributed by atoms with Crippen molar-refractivity contribution >= 4 is 23.4 Å². The fourth-order valence-electron chi connectivity index (χ4n) is 7.13. The second-order valence-electron chi connectivity index (χ2n) is 16.8. The topological polar surface area (TPSA) is 182 Å². The number of carboxylic acid groups (broad SMARTS) is 1. The first-order valence-electron chi connectivity index (χ1n) is 22.1. The number of aromatic nitrogens is 4. The highest BCUT2D eigenvalue weighted by Gasteiger charge is 2.41. The molecule has 1 amide bonds. The number of aromatic amines is 1. The van der Waals surface area contributed by atoms with Crippen molar-refractivity contribution in [1.82, 2.24) is 25.1 Å². The highest BCUT2D eigenvalue weighted by molar-refractivity contribution is 5.68. The van der Waals surface area contributed by atoms with Crippen molar-refractivity contribution in [2.45, 2.75) is 109 Å². The zero-order chi connectivity index (χ0) is 44.0. The maximum Gasteiger partial charge on any atom is 0.410 e. The van der Waals surface area contributed by atoms with Crippen LogP contribution in [-0.2, 0) is 29.3 Å². The summed E-state index contributed by atoms with van der Waals surface area (Å²) in [6.07, 6.45) is 11.2. The number of ether oxygens (including phenoxy) is 5. The monoisotopic (exact) mass is 858 g/mol. The van der Waals surface area contributed by atoms with E-state index >= 15 is 0 Å². The van der Waals surface area contributed by atoms with Crippen LogP contribution in [0.4, 0.5) is 16.2 Å². The van der Waals surface area contributed by atoms with Gasteiger partial charge < -0.3 is 49.3 Å². The Morgan fingerprint density at radius 3 is 2.05 bits per heavy atom. The van der Waals surface area contributed by atoms with Crippen molar-refractivity contribution in [3.63, 3.8) is 0 Å². The first-order valence-corrected chi connectivity index (χ1v) is 22.1. The molecule has 0 aliphatic carbocycles. The Morgan fingerprint density at radius 2 is 1.40 bits per heavy atom. The van der Waals surface area contributed by atoms with Crippen molar-refractivity contribution in [3.8, 4) is 17.1 Å². The maximum absolute atomic E-state index is 13.0. The number of anilines is 2. The number of nitrogens with zero attached hydrogens (tertiary/aromatic N) is 4. The maximum atomic E-state index is 13.0. The van der Waals surface area contributed by atoms with Crippen molar-refractivity contribution in [3.05, 3.63) is 84.4 Å². The van der Waals surface area contributed by atoms with Gasteiger partial charge in [0.25, 0.3) is 0 Å². The Hall–Kier alpha value is -5.25. The normalized spacial score (nSPS) is 14.3. The number of piperidine rings is 1. The lowest BCUT2D eigenvalue weighted by atomic mass is 9.86. The molecule has 1 atom stereocenters. The number of amides is 1. The molecule has 0 bridgehead atoms. The summed E-state index contributed by atoms with van der Waals surface area (Å²) in [5.74, 6) is 1.49. The zero-order valence-corrected chi connectivity index (χ0v) is 37.0. The molecule has 1 aliphatic heterocycles. The molecule has 0 unspecified atom stereocenters. The number of rotatable bonds is 27. The van der Waals surface area contributed by atoms with Crippen LogP contribution in [-0.4, -0.2) is 107 Å². The van der Waals surface area contributed by atoms with Gasteiger partial charge >= 0.3 is 12.1 Å². The Kier molecular flexibility index (Phi) is 19.3. The largest absolute Gasteiger partial charge is 0.494 e. The highest BCUT2D eigenvalue weighted by atomic mass is 16.6. The molecule has 5 rings (SSSR count). The predicted octanol–water partition coefficient (Wildman–Crippen LogP) is 9.01. The Labute approximate surface area is 366 Å².